The second-order valence-corrected chi connectivity index (χ2v) is 8.29. The summed E-state index contributed by atoms with van der Waals surface area (Å²) in [4.78, 5) is 17.1. The molecule has 0 aliphatic heterocycles. The molecule has 8 heteroatoms. The van der Waals surface area contributed by atoms with Gasteiger partial charge in [-0.3, -0.25) is 4.79 Å². The van der Waals surface area contributed by atoms with Gasteiger partial charge in [0.25, 0.3) is 0 Å². The number of oxime groups is 1. The summed E-state index contributed by atoms with van der Waals surface area (Å²) >= 11 is 0. The molecule has 4 rings (SSSR count). The minimum absolute atomic E-state index is 0.125. The van der Waals surface area contributed by atoms with Gasteiger partial charge in [0.05, 0.1) is 17.6 Å². The summed E-state index contributed by atoms with van der Waals surface area (Å²) in [5.41, 5.74) is 3.82. The number of aliphatic carboxylic acids is 1. The number of aromatic nitrogens is 2. The van der Waals surface area contributed by atoms with E-state index in [9.17, 15) is 14.3 Å². The number of para-hydroxylation sites is 1. The van der Waals surface area contributed by atoms with E-state index in [0.29, 0.717) is 18.1 Å². The van der Waals surface area contributed by atoms with Crippen LogP contribution in [-0.4, -0.2) is 26.6 Å². The summed E-state index contributed by atoms with van der Waals surface area (Å²) in [5, 5.41) is 18.0. The second kappa shape index (κ2) is 11.8. The van der Waals surface area contributed by atoms with Gasteiger partial charge in [-0.15, -0.1) is 0 Å². The molecule has 0 radical (unpaired) electrons. The van der Waals surface area contributed by atoms with Crippen LogP contribution in [0.4, 0.5) is 4.39 Å². The van der Waals surface area contributed by atoms with E-state index in [2.05, 4.69) is 10.3 Å². The number of nitrogens with zero attached hydrogens (tertiary/aromatic N) is 3. The Labute approximate surface area is 208 Å². The molecule has 184 valence electrons. The van der Waals surface area contributed by atoms with Crippen LogP contribution in [0.15, 0.2) is 96.4 Å². The fourth-order valence-corrected chi connectivity index (χ4v) is 3.55. The summed E-state index contributed by atoms with van der Waals surface area (Å²) in [6.07, 6.45) is 3.94. The molecule has 0 bridgehead atoms. The van der Waals surface area contributed by atoms with E-state index in [1.165, 1.54) is 12.1 Å². The maximum atomic E-state index is 13.0. The number of carboxylic acid groups (broad SMARTS) is 1. The SMILES string of the molecule is C/C(=N\OCc1ccc(F)cc1)C(Cc1ccc(OCc2cnn(-c3ccccc3)c2)cc1)C(=O)O. The normalized spacial score (nSPS) is 12.2. The molecule has 0 fully saturated rings. The van der Waals surface area contributed by atoms with E-state index >= 15 is 0 Å². The highest BCUT2D eigenvalue weighted by molar-refractivity contribution is 6.00. The molecule has 1 N–H and O–H groups in total. The molecule has 1 unspecified atom stereocenters. The van der Waals surface area contributed by atoms with Crippen LogP contribution >= 0.6 is 0 Å². The average Bonchev–Trinajstić information content (AvgIpc) is 3.37. The number of carboxylic acids is 1. The van der Waals surface area contributed by atoms with Gasteiger partial charge >= 0.3 is 5.97 Å². The van der Waals surface area contributed by atoms with Crippen LogP contribution in [0.25, 0.3) is 5.69 Å². The number of rotatable bonds is 11. The van der Waals surface area contributed by atoms with Gasteiger partial charge in [-0.25, -0.2) is 9.07 Å². The molecule has 0 amide bonds. The molecular weight excluding hydrogens is 461 g/mol. The van der Waals surface area contributed by atoms with Crippen molar-refractivity contribution in [3.05, 3.63) is 114 Å². The van der Waals surface area contributed by atoms with E-state index in [1.54, 1.807) is 29.9 Å². The second-order valence-electron chi connectivity index (χ2n) is 8.29. The third-order valence-electron chi connectivity index (χ3n) is 5.58. The zero-order chi connectivity index (χ0) is 25.3. The summed E-state index contributed by atoms with van der Waals surface area (Å²) in [6, 6.07) is 23.0. The van der Waals surface area contributed by atoms with Crippen LogP contribution in [0, 0.1) is 11.7 Å². The van der Waals surface area contributed by atoms with Crippen LogP contribution in [0.1, 0.15) is 23.6 Å². The lowest BCUT2D eigenvalue weighted by molar-refractivity contribution is -0.139. The van der Waals surface area contributed by atoms with Gasteiger partial charge in [-0.05, 0) is 60.9 Å². The predicted octanol–water partition coefficient (Wildman–Crippen LogP) is 5.43. The van der Waals surface area contributed by atoms with E-state index in [1.807, 2.05) is 60.8 Å². The van der Waals surface area contributed by atoms with Gasteiger partial charge in [0.15, 0.2) is 0 Å². The molecule has 0 spiro atoms. The van der Waals surface area contributed by atoms with E-state index in [4.69, 9.17) is 9.57 Å². The van der Waals surface area contributed by atoms with Crippen LogP contribution in [0.2, 0.25) is 0 Å². The molecule has 4 aromatic rings. The zero-order valence-electron chi connectivity index (χ0n) is 19.8. The van der Waals surface area contributed by atoms with E-state index in [0.717, 1.165) is 22.4 Å². The number of hydrogen-bond donors (Lipinski definition) is 1. The Bertz CT molecular complexity index is 1300. The summed E-state index contributed by atoms with van der Waals surface area (Å²) in [5.74, 6) is -1.49. The standard InChI is InChI=1S/C28H26FN3O4/c1-20(31-36-19-22-7-11-24(29)12-8-22)27(28(33)34)15-21-9-13-26(14-10-21)35-18-23-16-30-32(17-23)25-5-3-2-4-6-25/h2-14,16-17,27H,15,18-19H2,1H3,(H,33,34)/b31-20+. The number of ether oxygens (including phenoxy) is 1. The lowest BCUT2D eigenvalue weighted by Gasteiger charge is -2.13. The van der Waals surface area contributed by atoms with Gasteiger partial charge in [0.1, 0.15) is 30.7 Å². The van der Waals surface area contributed by atoms with Gasteiger partial charge in [0.2, 0.25) is 0 Å². The first-order valence-corrected chi connectivity index (χ1v) is 11.4. The van der Waals surface area contributed by atoms with Crippen LogP contribution in [-0.2, 0) is 29.3 Å². The first-order chi connectivity index (χ1) is 17.5. The molecule has 0 aliphatic rings. The molecule has 0 saturated carbocycles. The lowest BCUT2D eigenvalue weighted by Crippen LogP contribution is -2.24. The van der Waals surface area contributed by atoms with E-state index < -0.39 is 11.9 Å². The third kappa shape index (κ3) is 6.79. The minimum atomic E-state index is -0.989. The Balaban J connectivity index is 1.30. The van der Waals surface area contributed by atoms with Crippen molar-refractivity contribution < 1.29 is 23.9 Å². The smallest absolute Gasteiger partial charge is 0.312 e. The van der Waals surface area contributed by atoms with Crippen LogP contribution < -0.4 is 4.74 Å². The first-order valence-electron chi connectivity index (χ1n) is 11.4. The van der Waals surface area contributed by atoms with Crippen molar-refractivity contribution in [3.8, 4) is 11.4 Å². The third-order valence-corrected chi connectivity index (χ3v) is 5.58. The molecule has 36 heavy (non-hydrogen) atoms. The highest BCUT2D eigenvalue weighted by Crippen LogP contribution is 2.18. The fourth-order valence-electron chi connectivity index (χ4n) is 3.55. The maximum Gasteiger partial charge on any atom is 0.312 e. The molecule has 0 saturated heterocycles. The molecule has 7 nitrogen and oxygen atoms in total. The van der Waals surface area contributed by atoms with Crippen molar-refractivity contribution in [2.45, 2.75) is 26.6 Å². The monoisotopic (exact) mass is 487 g/mol. The Morgan fingerprint density at radius 2 is 1.67 bits per heavy atom. The van der Waals surface area contributed by atoms with Crippen molar-refractivity contribution in [3.63, 3.8) is 0 Å². The molecule has 1 aromatic heterocycles. The van der Waals surface area contributed by atoms with Crippen molar-refractivity contribution in [2.24, 2.45) is 11.1 Å². The summed E-state index contributed by atoms with van der Waals surface area (Å²) < 4.78 is 20.7. The lowest BCUT2D eigenvalue weighted by atomic mass is 9.95. The van der Waals surface area contributed by atoms with Crippen LogP contribution in [0.5, 0.6) is 5.75 Å². The van der Waals surface area contributed by atoms with Gasteiger partial charge in [-0.1, -0.05) is 47.6 Å². The van der Waals surface area contributed by atoms with Crippen molar-refractivity contribution >= 4 is 11.7 Å². The topological polar surface area (TPSA) is 85.9 Å². The van der Waals surface area contributed by atoms with Gasteiger partial charge in [-0.2, -0.15) is 5.10 Å². The predicted molar refractivity (Wildman–Crippen MR) is 133 cm³/mol. The van der Waals surface area contributed by atoms with Crippen molar-refractivity contribution in [1.82, 2.24) is 9.78 Å². The number of benzene rings is 3. The fraction of sp³-hybridized carbons (Fsp3) is 0.179. The first kappa shape index (κ1) is 24.7. The number of carbonyl (C=O) groups is 1. The van der Waals surface area contributed by atoms with E-state index in [-0.39, 0.29) is 18.8 Å². The summed E-state index contributed by atoms with van der Waals surface area (Å²) in [7, 11) is 0. The largest absolute Gasteiger partial charge is 0.489 e. The summed E-state index contributed by atoms with van der Waals surface area (Å²) in [6.45, 7) is 2.11. The Hall–Kier alpha value is -4.46. The highest BCUT2D eigenvalue weighted by Gasteiger charge is 2.22. The number of halogens is 1. The quantitative estimate of drug-likeness (QED) is 0.225. The average molecular weight is 488 g/mol. The van der Waals surface area contributed by atoms with Crippen LogP contribution in [0.3, 0.4) is 0 Å². The van der Waals surface area contributed by atoms with Gasteiger partial charge < -0.3 is 14.7 Å². The molecule has 1 atom stereocenters. The Kier molecular flexibility index (Phi) is 8.08. The highest BCUT2D eigenvalue weighted by atomic mass is 19.1. The van der Waals surface area contributed by atoms with Gasteiger partial charge in [0, 0.05) is 11.8 Å². The maximum absolute atomic E-state index is 13.0. The molecule has 1 heterocycles. The minimum Gasteiger partial charge on any atom is -0.489 e. The Morgan fingerprint density at radius 1 is 0.972 bits per heavy atom. The molecule has 0 aliphatic carbocycles. The molecule has 3 aromatic carbocycles. The number of hydrogen-bond acceptors (Lipinski definition) is 5. The van der Waals surface area contributed by atoms with Crippen molar-refractivity contribution in [1.29, 1.82) is 0 Å². The van der Waals surface area contributed by atoms with Crippen molar-refractivity contribution in [2.75, 3.05) is 0 Å². The molecular formula is C28H26FN3O4. The zero-order valence-corrected chi connectivity index (χ0v) is 19.8. The Morgan fingerprint density at radius 3 is 2.36 bits per heavy atom.